The molecule has 1 aromatic carbocycles. The number of ether oxygens (including phenoxy) is 2. The first-order chi connectivity index (χ1) is 7.80. The summed E-state index contributed by atoms with van der Waals surface area (Å²) in [6.07, 6.45) is 2.26. The van der Waals surface area contributed by atoms with E-state index in [0.717, 1.165) is 5.75 Å². The van der Waals surface area contributed by atoms with E-state index in [2.05, 4.69) is 10.5 Å². The summed E-state index contributed by atoms with van der Waals surface area (Å²) >= 11 is 0. The molecule has 0 fully saturated rings. The number of carbonyl (C=O) groups is 1. The third-order valence-corrected chi connectivity index (χ3v) is 2.39. The van der Waals surface area contributed by atoms with Crippen molar-refractivity contribution >= 4 is 12.5 Å². The van der Waals surface area contributed by atoms with Gasteiger partial charge in [0.15, 0.2) is 6.29 Å². The van der Waals surface area contributed by atoms with Gasteiger partial charge in [0, 0.05) is 5.56 Å². The SMILES string of the molecule is COc1ccc(C2(C=O)NN=CCO2)cc1. The zero-order valence-electron chi connectivity index (χ0n) is 8.84. The second-order valence-corrected chi connectivity index (χ2v) is 3.32. The van der Waals surface area contributed by atoms with E-state index in [1.807, 2.05) is 0 Å². The fourth-order valence-electron chi connectivity index (χ4n) is 1.49. The van der Waals surface area contributed by atoms with Gasteiger partial charge in [-0.1, -0.05) is 12.1 Å². The Hall–Kier alpha value is -1.88. The van der Waals surface area contributed by atoms with E-state index in [4.69, 9.17) is 9.47 Å². The van der Waals surface area contributed by atoms with Crippen LogP contribution >= 0.6 is 0 Å². The quantitative estimate of drug-likeness (QED) is 0.760. The van der Waals surface area contributed by atoms with Crippen LogP contribution in [-0.2, 0) is 15.3 Å². The normalized spacial score (nSPS) is 23.6. The molecule has 0 spiro atoms. The van der Waals surface area contributed by atoms with E-state index >= 15 is 0 Å². The van der Waals surface area contributed by atoms with Gasteiger partial charge >= 0.3 is 0 Å². The number of hydrogen-bond acceptors (Lipinski definition) is 5. The number of hydrogen-bond donors (Lipinski definition) is 1. The minimum absolute atomic E-state index is 0.303. The van der Waals surface area contributed by atoms with Crippen molar-refractivity contribution in [3.63, 3.8) is 0 Å². The first-order valence-corrected chi connectivity index (χ1v) is 4.84. The Morgan fingerprint density at radius 2 is 2.25 bits per heavy atom. The van der Waals surface area contributed by atoms with Crippen molar-refractivity contribution in [3.8, 4) is 5.75 Å². The van der Waals surface area contributed by atoms with Gasteiger partial charge < -0.3 is 9.47 Å². The Morgan fingerprint density at radius 1 is 1.50 bits per heavy atom. The lowest BCUT2D eigenvalue weighted by atomic mass is 10.0. The molecule has 84 valence electrons. The highest BCUT2D eigenvalue weighted by molar-refractivity contribution is 5.69. The third-order valence-electron chi connectivity index (χ3n) is 2.39. The largest absolute Gasteiger partial charge is 0.497 e. The van der Waals surface area contributed by atoms with Crippen LogP contribution in [0, 0.1) is 0 Å². The van der Waals surface area contributed by atoms with Crippen molar-refractivity contribution in [2.75, 3.05) is 13.7 Å². The predicted molar refractivity (Wildman–Crippen MR) is 58.3 cm³/mol. The summed E-state index contributed by atoms with van der Waals surface area (Å²) < 4.78 is 10.4. The topological polar surface area (TPSA) is 59.9 Å². The number of nitrogens with one attached hydrogen (secondary N) is 1. The molecule has 5 heteroatoms. The molecule has 0 radical (unpaired) electrons. The van der Waals surface area contributed by atoms with Gasteiger partial charge in [-0.3, -0.25) is 10.2 Å². The lowest BCUT2D eigenvalue weighted by Gasteiger charge is -2.30. The maximum atomic E-state index is 11.1. The van der Waals surface area contributed by atoms with E-state index in [1.54, 1.807) is 37.6 Å². The molecule has 1 unspecified atom stereocenters. The number of benzene rings is 1. The average Bonchev–Trinajstić information content (AvgIpc) is 2.39. The number of rotatable bonds is 3. The van der Waals surface area contributed by atoms with E-state index in [-0.39, 0.29) is 0 Å². The van der Waals surface area contributed by atoms with Crippen LogP contribution in [0.15, 0.2) is 29.4 Å². The molecule has 5 nitrogen and oxygen atoms in total. The van der Waals surface area contributed by atoms with E-state index in [0.29, 0.717) is 18.5 Å². The summed E-state index contributed by atoms with van der Waals surface area (Å²) in [5, 5.41) is 3.86. The van der Waals surface area contributed by atoms with Gasteiger partial charge in [0.05, 0.1) is 19.9 Å². The highest BCUT2D eigenvalue weighted by Crippen LogP contribution is 2.24. The number of nitrogens with zero attached hydrogens (tertiary/aromatic N) is 1. The fourth-order valence-corrected chi connectivity index (χ4v) is 1.49. The first-order valence-electron chi connectivity index (χ1n) is 4.84. The molecular formula is C11H12N2O3. The Balaban J connectivity index is 2.32. The smallest absolute Gasteiger partial charge is 0.237 e. The van der Waals surface area contributed by atoms with Crippen molar-refractivity contribution in [3.05, 3.63) is 29.8 Å². The molecule has 1 heterocycles. The molecule has 0 bridgehead atoms. The van der Waals surface area contributed by atoms with Gasteiger partial charge in [-0.25, -0.2) is 0 Å². The number of carbonyl (C=O) groups excluding carboxylic acids is 1. The second-order valence-electron chi connectivity index (χ2n) is 3.32. The molecule has 1 aliphatic rings. The number of methoxy groups -OCH3 is 1. The van der Waals surface area contributed by atoms with Crippen LogP contribution in [0.4, 0.5) is 0 Å². The van der Waals surface area contributed by atoms with Gasteiger partial charge in [0.25, 0.3) is 0 Å². The molecule has 2 rings (SSSR count). The molecule has 0 saturated carbocycles. The number of hydrazone groups is 1. The van der Waals surface area contributed by atoms with Gasteiger partial charge in [-0.15, -0.1) is 0 Å². The van der Waals surface area contributed by atoms with Crippen LogP contribution in [0.2, 0.25) is 0 Å². The van der Waals surface area contributed by atoms with E-state index < -0.39 is 5.72 Å². The Labute approximate surface area is 93.1 Å². The third kappa shape index (κ3) is 1.77. The van der Waals surface area contributed by atoms with E-state index in [9.17, 15) is 4.79 Å². The fraction of sp³-hybridized carbons (Fsp3) is 0.273. The molecule has 0 amide bonds. The van der Waals surface area contributed by atoms with Crippen molar-refractivity contribution < 1.29 is 14.3 Å². The van der Waals surface area contributed by atoms with Gasteiger partial charge in [0.2, 0.25) is 5.72 Å². The maximum absolute atomic E-state index is 11.1. The minimum Gasteiger partial charge on any atom is -0.497 e. The molecule has 1 atom stereocenters. The highest BCUT2D eigenvalue weighted by Gasteiger charge is 2.34. The molecule has 1 N–H and O–H groups in total. The Morgan fingerprint density at radius 3 is 2.75 bits per heavy atom. The first kappa shape index (κ1) is 10.6. The van der Waals surface area contributed by atoms with Crippen LogP contribution in [0.1, 0.15) is 5.56 Å². The lowest BCUT2D eigenvalue weighted by Crippen LogP contribution is -2.46. The molecule has 0 aromatic heterocycles. The summed E-state index contributed by atoms with van der Waals surface area (Å²) in [5.41, 5.74) is 2.19. The summed E-state index contributed by atoms with van der Waals surface area (Å²) in [7, 11) is 1.59. The van der Waals surface area contributed by atoms with Gasteiger partial charge in [0.1, 0.15) is 5.75 Å². The van der Waals surface area contributed by atoms with Crippen molar-refractivity contribution in [2.45, 2.75) is 5.72 Å². The Bertz CT molecular complexity index is 402. The maximum Gasteiger partial charge on any atom is 0.237 e. The van der Waals surface area contributed by atoms with Crippen molar-refractivity contribution in [1.82, 2.24) is 5.43 Å². The summed E-state index contributed by atoms with van der Waals surface area (Å²) in [5.74, 6) is 0.726. The van der Waals surface area contributed by atoms with Crippen LogP contribution in [-0.4, -0.2) is 26.2 Å². The zero-order chi connectivity index (χ0) is 11.4. The summed E-state index contributed by atoms with van der Waals surface area (Å²) in [4.78, 5) is 11.1. The molecule has 1 aromatic rings. The minimum atomic E-state index is -1.18. The second kappa shape index (κ2) is 4.32. The molecule has 1 aliphatic heterocycles. The monoisotopic (exact) mass is 220 g/mol. The highest BCUT2D eigenvalue weighted by atomic mass is 16.5. The van der Waals surface area contributed by atoms with Gasteiger partial charge in [-0.2, -0.15) is 5.10 Å². The van der Waals surface area contributed by atoms with Gasteiger partial charge in [-0.05, 0) is 12.1 Å². The van der Waals surface area contributed by atoms with Crippen LogP contribution in [0.3, 0.4) is 0 Å². The molecule has 0 saturated heterocycles. The van der Waals surface area contributed by atoms with Crippen molar-refractivity contribution in [2.24, 2.45) is 5.10 Å². The summed E-state index contributed by atoms with van der Waals surface area (Å²) in [6, 6.07) is 7.07. The van der Waals surface area contributed by atoms with Crippen molar-refractivity contribution in [1.29, 1.82) is 0 Å². The van der Waals surface area contributed by atoms with Crippen LogP contribution < -0.4 is 10.2 Å². The lowest BCUT2D eigenvalue weighted by molar-refractivity contribution is -0.136. The molecular weight excluding hydrogens is 208 g/mol. The Kier molecular flexibility index (Phi) is 2.87. The number of aldehydes is 1. The van der Waals surface area contributed by atoms with Crippen LogP contribution in [0.5, 0.6) is 5.75 Å². The van der Waals surface area contributed by atoms with E-state index in [1.165, 1.54) is 0 Å². The molecule has 0 aliphatic carbocycles. The zero-order valence-corrected chi connectivity index (χ0v) is 8.84. The molecule has 16 heavy (non-hydrogen) atoms. The average molecular weight is 220 g/mol. The van der Waals surface area contributed by atoms with Crippen LogP contribution in [0.25, 0.3) is 0 Å². The standard InChI is InChI=1S/C11H12N2O3/c1-15-10-4-2-9(3-5-10)11(8-14)13-12-6-7-16-11/h2-6,8,13H,7H2,1H3. The predicted octanol–water partition coefficient (Wildman–Crippen LogP) is 0.652. The summed E-state index contributed by atoms with van der Waals surface area (Å²) in [6.45, 7) is 0.303.